The molecule has 18 heteroatoms. The number of pyridine rings is 1. The zero-order valence-electron chi connectivity index (χ0n) is 35.3. The van der Waals surface area contributed by atoms with Crippen molar-refractivity contribution in [2.24, 2.45) is 5.92 Å². The van der Waals surface area contributed by atoms with Crippen molar-refractivity contribution in [3.8, 4) is 5.75 Å². The molecule has 3 amide bonds. The van der Waals surface area contributed by atoms with Crippen molar-refractivity contribution in [1.82, 2.24) is 35.0 Å². The lowest BCUT2D eigenvalue weighted by molar-refractivity contribution is -0.136. The Labute approximate surface area is 366 Å². The zero-order valence-corrected chi connectivity index (χ0v) is 37.0. The standard InChI is InChI=1S/C44H53ClN11O5P/c1-61-38-21-32(5-7-35(38)49-44-47-22-34(45)41(51-44)48-36-23-46-13-10-39(36)62(2,3)60)53-14-11-30(12-15-53)54-18-16-52(17-19-54)24-28-25-55(26-28)31-4-6-33-29(20-31)27-56(43(33)59)37-8-9-40(57)50-42(37)58/h4-7,10,13,20-23,28,30,37H,8-9,11-12,14-19,24-27H2,1-3H3,(H,50,57,58)(H2,47,48,49,51). The van der Waals surface area contributed by atoms with Gasteiger partial charge in [-0.3, -0.25) is 29.6 Å². The fraction of sp³-hybridized carbons (Fsp3) is 0.455. The van der Waals surface area contributed by atoms with Crippen LogP contribution in [-0.4, -0.2) is 139 Å². The number of nitrogens with zero attached hydrogens (tertiary/aromatic N) is 8. The Bertz CT molecular complexity index is 2410. The minimum atomic E-state index is -2.58. The molecule has 2 aromatic carbocycles. The van der Waals surface area contributed by atoms with Crippen LogP contribution in [0.25, 0.3) is 0 Å². The third kappa shape index (κ3) is 8.83. The van der Waals surface area contributed by atoms with Gasteiger partial charge in [-0.2, -0.15) is 4.98 Å². The molecule has 62 heavy (non-hydrogen) atoms. The first-order chi connectivity index (χ1) is 29.9. The molecule has 16 nitrogen and oxygen atoms in total. The maximum Gasteiger partial charge on any atom is 0.255 e. The first kappa shape index (κ1) is 42.0. The number of piperidine rings is 2. The van der Waals surface area contributed by atoms with Crippen molar-refractivity contribution in [1.29, 1.82) is 0 Å². The van der Waals surface area contributed by atoms with Crippen LogP contribution in [0.2, 0.25) is 5.02 Å². The number of imide groups is 1. The topological polar surface area (TPSA) is 168 Å². The molecule has 0 spiro atoms. The number of carbonyl (C=O) groups is 3. The van der Waals surface area contributed by atoms with Gasteiger partial charge in [0.1, 0.15) is 24.0 Å². The summed E-state index contributed by atoms with van der Waals surface area (Å²) in [6.45, 7) is 13.2. The highest BCUT2D eigenvalue weighted by molar-refractivity contribution is 7.70. The molecule has 9 rings (SSSR count). The summed E-state index contributed by atoms with van der Waals surface area (Å²) < 4.78 is 18.7. The smallest absolute Gasteiger partial charge is 0.255 e. The highest BCUT2D eigenvalue weighted by atomic mass is 35.5. The number of piperazine rings is 1. The van der Waals surface area contributed by atoms with E-state index < -0.39 is 13.2 Å². The van der Waals surface area contributed by atoms with Gasteiger partial charge in [0.25, 0.3) is 5.91 Å². The number of nitrogens with one attached hydrogen (secondary N) is 3. The number of rotatable bonds is 12. The summed E-state index contributed by atoms with van der Waals surface area (Å²) >= 11 is 6.47. The van der Waals surface area contributed by atoms with Gasteiger partial charge < -0.3 is 39.5 Å². The molecule has 1 unspecified atom stereocenters. The molecule has 4 saturated heterocycles. The molecule has 3 N–H and O–H groups in total. The second kappa shape index (κ2) is 17.5. The quantitative estimate of drug-likeness (QED) is 0.132. The fourth-order valence-electron chi connectivity index (χ4n) is 9.52. The van der Waals surface area contributed by atoms with Crippen LogP contribution in [0.5, 0.6) is 5.75 Å². The number of hydrogen-bond acceptors (Lipinski definition) is 14. The van der Waals surface area contributed by atoms with Gasteiger partial charge in [0.15, 0.2) is 5.82 Å². The monoisotopic (exact) mass is 881 g/mol. The lowest BCUT2D eigenvalue weighted by Crippen LogP contribution is -2.57. The van der Waals surface area contributed by atoms with Crippen LogP contribution in [-0.2, 0) is 20.7 Å². The normalized spacial score (nSPS) is 20.5. The average molecular weight is 882 g/mol. The highest BCUT2D eigenvalue weighted by Gasteiger charge is 2.40. The number of ether oxygens (including phenoxy) is 1. The van der Waals surface area contributed by atoms with E-state index in [4.69, 9.17) is 16.3 Å². The molecule has 5 aliphatic heterocycles. The fourth-order valence-corrected chi connectivity index (χ4v) is 10.8. The Hall–Kier alpha value is -5.28. The Morgan fingerprint density at radius 3 is 2.39 bits per heavy atom. The average Bonchev–Trinajstić information content (AvgIpc) is 3.58. The molecule has 7 heterocycles. The number of hydrogen-bond donors (Lipinski definition) is 3. The van der Waals surface area contributed by atoms with Gasteiger partial charge in [-0.05, 0) is 74.6 Å². The third-order valence-electron chi connectivity index (χ3n) is 12.9. The van der Waals surface area contributed by atoms with Crippen molar-refractivity contribution < 1.29 is 23.7 Å². The van der Waals surface area contributed by atoms with Gasteiger partial charge in [-0.1, -0.05) is 11.6 Å². The van der Waals surface area contributed by atoms with E-state index in [2.05, 4.69) is 68.7 Å². The van der Waals surface area contributed by atoms with Crippen LogP contribution in [0.4, 0.5) is 34.5 Å². The van der Waals surface area contributed by atoms with E-state index in [0.29, 0.717) is 64.0 Å². The Balaban J connectivity index is 0.724. The maximum atomic E-state index is 13.1. The Morgan fingerprint density at radius 1 is 0.887 bits per heavy atom. The summed E-state index contributed by atoms with van der Waals surface area (Å²) in [5.74, 6) is 1.20. The van der Waals surface area contributed by atoms with E-state index in [9.17, 15) is 18.9 Å². The zero-order chi connectivity index (χ0) is 43.1. The molecule has 5 aliphatic rings. The Kier molecular flexibility index (Phi) is 11.8. The van der Waals surface area contributed by atoms with Gasteiger partial charge in [0.05, 0.1) is 30.9 Å². The van der Waals surface area contributed by atoms with E-state index in [1.807, 2.05) is 18.2 Å². The number of methoxy groups -OCH3 is 1. The van der Waals surface area contributed by atoms with E-state index in [-0.39, 0.29) is 24.1 Å². The summed E-state index contributed by atoms with van der Waals surface area (Å²) in [6, 6.07) is 13.9. The maximum absolute atomic E-state index is 13.1. The molecule has 0 bridgehead atoms. The van der Waals surface area contributed by atoms with Crippen molar-refractivity contribution >= 4 is 76.3 Å². The highest BCUT2D eigenvalue weighted by Crippen LogP contribution is 2.39. The summed E-state index contributed by atoms with van der Waals surface area (Å²) in [6.07, 6.45) is 7.59. The van der Waals surface area contributed by atoms with E-state index in [1.54, 1.807) is 43.8 Å². The van der Waals surface area contributed by atoms with Gasteiger partial charge >= 0.3 is 0 Å². The Morgan fingerprint density at radius 2 is 1.65 bits per heavy atom. The number of aromatic nitrogens is 3. The second-order valence-electron chi connectivity index (χ2n) is 17.3. The molecule has 4 aromatic rings. The van der Waals surface area contributed by atoms with Crippen LogP contribution in [0.3, 0.4) is 0 Å². The number of benzene rings is 2. The molecule has 326 valence electrons. The minimum absolute atomic E-state index is 0.131. The SMILES string of the molecule is COc1cc(N2CCC(N3CCN(CC4CN(c5ccc6c(c5)CN(C5CCC(=O)NC5=O)C6=O)C4)CC3)CC2)ccc1Nc1ncc(Cl)c(Nc2cnccc2P(C)(C)=O)n1. The number of fused-ring (bicyclic) bond motifs is 1. The number of halogens is 1. The molecule has 4 fully saturated rings. The lowest BCUT2D eigenvalue weighted by atomic mass is 9.96. The van der Waals surface area contributed by atoms with Crippen molar-refractivity contribution in [2.75, 3.05) is 99.8 Å². The molecule has 0 aliphatic carbocycles. The van der Waals surface area contributed by atoms with Crippen LogP contribution in [0.1, 0.15) is 41.6 Å². The second-order valence-corrected chi connectivity index (χ2v) is 20.9. The largest absolute Gasteiger partial charge is 0.494 e. The van der Waals surface area contributed by atoms with Crippen LogP contribution in [0, 0.1) is 5.92 Å². The third-order valence-corrected chi connectivity index (χ3v) is 14.7. The number of amides is 3. The van der Waals surface area contributed by atoms with Gasteiger partial charge in [-0.15, -0.1) is 0 Å². The number of carbonyl (C=O) groups excluding carboxylic acids is 3. The van der Waals surface area contributed by atoms with Crippen LogP contribution >= 0.6 is 18.7 Å². The van der Waals surface area contributed by atoms with Gasteiger partial charge in [0, 0.05) is 118 Å². The van der Waals surface area contributed by atoms with E-state index in [1.165, 1.54) is 6.20 Å². The summed E-state index contributed by atoms with van der Waals surface area (Å²) in [5, 5.41) is 9.83. The molecule has 2 aromatic heterocycles. The van der Waals surface area contributed by atoms with Crippen molar-refractivity contribution in [3.63, 3.8) is 0 Å². The lowest BCUT2D eigenvalue weighted by Gasteiger charge is -2.46. The summed E-state index contributed by atoms with van der Waals surface area (Å²) in [4.78, 5) is 62.1. The number of anilines is 6. The molecular formula is C44H53ClN11O5P. The predicted molar refractivity (Wildman–Crippen MR) is 241 cm³/mol. The predicted octanol–water partition coefficient (Wildman–Crippen LogP) is 4.75. The van der Waals surface area contributed by atoms with Crippen molar-refractivity contribution in [2.45, 2.75) is 44.3 Å². The summed E-state index contributed by atoms with van der Waals surface area (Å²) in [7, 11) is -0.928. The first-order valence-electron chi connectivity index (χ1n) is 21.4. The van der Waals surface area contributed by atoms with E-state index in [0.717, 1.165) is 94.4 Å². The first-order valence-corrected chi connectivity index (χ1v) is 24.4. The van der Waals surface area contributed by atoms with Crippen molar-refractivity contribution in [3.05, 3.63) is 77.2 Å². The van der Waals surface area contributed by atoms with Crippen LogP contribution < -0.4 is 35.8 Å². The summed E-state index contributed by atoms with van der Waals surface area (Å²) in [5.41, 5.74) is 5.14. The molecule has 0 saturated carbocycles. The molecule has 0 radical (unpaired) electrons. The van der Waals surface area contributed by atoms with Gasteiger partial charge in [0.2, 0.25) is 17.8 Å². The molecular weight excluding hydrogens is 829 g/mol. The van der Waals surface area contributed by atoms with Crippen LogP contribution in [0.15, 0.2) is 61.1 Å². The van der Waals surface area contributed by atoms with E-state index >= 15 is 0 Å². The van der Waals surface area contributed by atoms with Gasteiger partial charge in [-0.25, -0.2) is 4.98 Å². The minimum Gasteiger partial charge on any atom is -0.494 e. The molecule has 1 atom stereocenters.